The fourth-order valence-electron chi connectivity index (χ4n) is 2.61. The average Bonchev–Trinajstić information content (AvgIpc) is 2.75. The number of rotatable bonds is 3. The number of ether oxygens (including phenoxy) is 1. The fraction of sp³-hybridized carbons (Fsp3) is 0.909. The molecule has 0 amide bonds. The molecule has 4 nitrogen and oxygen atoms in total. The van der Waals surface area contributed by atoms with Crippen LogP contribution < -0.4 is 0 Å². The lowest BCUT2D eigenvalue weighted by atomic mass is 9.99. The van der Waals surface area contributed by atoms with Crippen molar-refractivity contribution in [3.05, 3.63) is 0 Å². The molecule has 0 aromatic rings. The minimum absolute atomic E-state index is 0.189. The Balaban J connectivity index is 1.82. The summed E-state index contributed by atoms with van der Waals surface area (Å²) in [5, 5.41) is 9.00. The Kier molecular flexibility index (Phi) is 3.26. The number of likely N-dealkylation sites (tertiary alicyclic amines) is 1. The van der Waals surface area contributed by atoms with Crippen LogP contribution in [0.3, 0.4) is 0 Å². The van der Waals surface area contributed by atoms with E-state index in [0.717, 1.165) is 32.5 Å². The topological polar surface area (TPSA) is 49.8 Å². The molecule has 2 rings (SSSR count). The summed E-state index contributed by atoms with van der Waals surface area (Å²) in [5.41, 5.74) is 0. The van der Waals surface area contributed by atoms with Crippen LogP contribution in [-0.2, 0) is 9.53 Å². The molecule has 0 bridgehead atoms. The Morgan fingerprint density at radius 2 is 2.33 bits per heavy atom. The van der Waals surface area contributed by atoms with Crippen LogP contribution in [0.4, 0.5) is 0 Å². The van der Waals surface area contributed by atoms with E-state index in [4.69, 9.17) is 9.84 Å². The molecule has 0 radical (unpaired) electrons. The molecule has 4 heteroatoms. The summed E-state index contributed by atoms with van der Waals surface area (Å²) in [6, 6.07) is 0. The normalized spacial score (nSPS) is 37.3. The first-order valence-electron chi connectivity index (χ1n) is 5.73. The van der Waals surface area contributed by atoms with Crippen molar-refractivity contribution in [1.82, 2.24) is 4.90 Å². The first kappa shape index (κ1) is 10.9. The average molecular weight is 213 g/mol. The minimum atomic E-state index is -0.655. The number of aliphatic carboxylic acids is 1. The van der Waals surface area contributed by atoms with Gasteiger partial charge in [-0.25, -0.2) is 0 Å². The standard InChI is InChI=1S/C11H19NO3/c1-8-5-12(7-10(8)11(13)14)6-9-3-2-4-15-9/h8-10H,2-7H2,1H3,(H,13,14). The van der Waals surface area contributed by atoms with Gasteiger partial charge in [0.15, 0.2) is 0 Å². The summed E-state index contributed by atoms with van der Waals surface area (Å²) >= 11 is 0. The van der Waals surface area contributed by atoms with Crippen molar-refractivity contribution >= 4 is 5.97 Å². The van der Waals surface area contributed by atoms with Crippen molar-refractivity contribution < 1.29 is 14.6 Å². The molecule has 2 aliphatic heterocycles. The second-order valence-corrected chi connectivity index (χ2v) is 4.78. The van der Waals surface area contributed by atoms with Gasteiger partial charge in [0, 0.05) is 26.2 Å². The van der Waals surface area contributed by atoms with Gasteiger partial charge in [-0.05, 0) is 18.8 Å². The van der Waals surface area contributed by atoms with Gasteiger partial charge in [0.05, 0.1) is 12.0 Å². The van der Waals surface area contributed by atoms with Gasteiger partial charge in [0.25, 0.3) is 0 Å². The maximum atomic E-state index is 10.9. The molecule has 2 saturated heterocycles. The van der Waals surface area contributed by atoms with E-state index in [9.17, 15) is 4.79 Å². The molecular formula is C11H19NO3. The molecule has 0 aliphatic carbocycles. The van der Waals surface area contributed by atoms with E-state index < -0.39 is 5.97 Å². The molecule has 15 heavy (non-hydrogen) atoms. The molecule has 0 aromatic heterocycles. The molecule has 2 aliphatic rings. The molecule has 2 fully saturated rings. The van der Waals surface area contributed by atoms with E-state index in [1.165, 1.54) is 0 Å². The zero-order valence-corrected chi connectivity index (χ0v) is 9.19. The van der Waals surface area contributed by atoms with E-state index in [2.05, 4.69) is 4.90 Å². The number of hydrogen-bond donors (Lipinski definition) is 1. The van der Waals surface area contributed by atoms with Gasteiger partial charge in [-0.1, -0.05) is 6.92 Å². The molecule has 3 unspecified atom stereocenters. The lowest BCUT2D eigenvalue weighted by Gasteiger charge is -2.19. The Morgan fingerprint density at radius 1 is 1.53 bits per heavy atom. The van der Waals surface area contributed by atoms with E-state index in [1.807, 2.05) is 6.92 Å². The Bertz CT molecular complexity index is 238. The first-order chi connectivity index (χ1) is 7.16. The molecular weight excluding hydrogens is 194 g/mol. The highest BCUT2D eigenvalue weighted by Gasteiger charge is 2.35. The molecule has 1 N–H and O–H groups in total. The van der Waals surface area contributed by atoms with Gasteiger partial charge in [0.1, 0.15) is 0 Å². The third-order valence-corrected chi connectivity index (χ3v) is 3.49. The smallest absolute Gasteiger partial charge is 0.308 e. The van der Waals surface area contributed by atoms with Crippen molar-refractivity contribution in [2.24, 2.45) is 11.8 Å². The lowest BCUT2D eigenvalue weighted by Crippen LogP contribution is -2.31. The van der Waals surface area contributed by atoms with Crippen LogP contribution in [0.2, 0.25) is 0 Å². The summed E-state index contributed by atoms with van der Waals surface area (Å²) in [6.07, 6.45) is 2.61. The highest BCUT2D eigenvalue weighted by Crippen LogP contribution is 2.24. The zero-order valence-electron chi connectivity index (χ0n) is 9.19. The monoisotopic (exact) mass is 213 g/mol. The van der Waals surface area contributed by atoms with E-state index in [1.54, 1.807) is 0 Å². The second-order valence-electron chi connectivity index (χ2n) is 4.78. The molecule has 0 aromatic carbocycles. The summed E-state index contributed by atoms with van der Waals surface area (Å²) in [4.78, 5) is 13.2. The molecule has 2 heterocycles. The van der Waals surface area contributed by atoms with Crippen molar-refractivity contribution in [2.75, 3.05) is 26.2 Å². The molecule has 0 spiro atoms. The summed E-state index contributed by atoms with van der Waals surface area (Å²) in [7, 11) is 0. The SMILES string of the molecule is CC1CN(CC2CCCO2)CC1C(=O)O. The third-order valence-electron chi connectivity index (χ3n) is 3.49. The predicted octanol–water partition coefficient (Wildman–Crippen LogP) is 0.818. The number of carboxylic acids is 1. The number of hydrogen-bond acceptors (Lipinski definition) is 3. The third kappa shape index (κ3) is 2.49. The molecule has 0 saturated carbocycles. The van der Waals surface area contributed by atoms with Crippen LogP contribution in [0.1, 0.15) is 19.8 Å². The number of carboxylic acid groups (broad SMARTS) is 1. The van der Waals surface area contributed by atoms with Gasteiger partial charge in [0.2, 0.25) is 0 Å². The maximum absolute atomic E-state index is 10.9. The fourth-order valence-corrected chi connectivity index (χ4v) is 2.61. The predicted molar refractivity (Wildman–Crippen MR) is 55.7 cm³/mol. The van der Waals surface area contributed by atoms with Gasteiger partial charge in [-0.2, -0.15) is 0 Å². The number of nitrogens with zero attached hydrogens (tertiary/aromatic N) is 1. The van der Waals surface area contributed by atoms with Crippen LogP contribution in [-0.4, -0.2) is 48.3 Å². The van der Waals surface area contributed by atoms with Crippen LogP contribution in [0, 0.1) is 11.8 Å². The number of carbonyl (C=O) groups is 1. The van der Waals surface area contributed by atoms with E-state index >= 15 is 0 Å². The Hall–Kier alpha value is -0.610. The largest absolute Gasteiger partial charge is 0.481 e. The van der Waals surface area contributed by atoms with Crippen LogP contribution in [0.5, 0.6) is 0 Å². The van der Waals surface area contributed by atoms with Gasteiger partial charge in [-0.3, -0.25) is 9.69 Å². The first-order valence-corrected chi connectivity index (χ1v) is 5.73. The van der Waals surface area contributed by atoms with Crippen LogP contribution >= 0.6 is 0 Å². The lowest BCUT2D eigenvalue weighted by molar-refractivity contribution is -0.142. The van der Waals surface area contributed by atoms with Gasteiger partial charge < -0.3 is 9.84 Å². The Morgan fingerprint density at radius 3 is 2.87 bits per heavy atom. The maximum Gasteiger partial charge on any atom is 0.308 e. The van der Waals surface area contributed by atoms with Crippen molar-refractivity contribution in [2.45, 2.75) is 25.9 Å². The quantitative estimate of drug-likeness (QED) is 0.754. The molecule has 3 atom stereocenters. The molecule has 86 valence electrons. The van der Waals surface area contributed by atoms with E-state index in [0.29, 0.717) is 12.6 Å². The summed E-state index contributed by atoms with van der Waals surface area (Å²) in [5.74, 6) is -0.576. The van der Waals surface area contributed by atoms with Crippen molar-refractivity contribution in [3.8, 4) is 0 Å². The van der Waals surface area contributed by atoms with Crippen LogP contribution in [0.25, 0.3) is 0 Å². The summed E-state index contributed by atoms with van der Waals surface area (Å²) in [6.45, 7) is 5.39. The zero-order chi connectivity index (χ0) is 10.8. The van der Waals surface area contributed by atoms with Gasteiger partial charge >= 0.3 is 5.97 Å². The Labute approximate surface area is 90.2 Å². The summed E-state index contributed by atoms with van der Waals surface area (Å²) < 4.78 is 5.56. The highest BCUT2D eigenvalue weighted by atomic mass is 16.5. The van der Waals surface area contributed by atoms with Crippen molar-refractivity contribution in [1.29, 1.82) is 0 Å². The highest BCUT2D eigenvalue weighted by molar-refractivity contribution is 5.71. The second kappa shape index (κ2) is 4.49. The minimum Gasteiger partial charge on any atom is -0.481 e. The van der Waals surface area contributed by atoms with E-state index in [-0.39, 0.29) is 11.8 Å². The van der Waals surface area contributed by atoms with Crippen molar-refractivity contribution in [3.63, 3.8) is 0 Å². The van der Waals surface area contributed by atoms with Gasteiger partial charge in [-0.15, -0.1) is 0 Å². The van der Waals surface area contributed by atoms with Crippen LogP contribution in [0.15, 0.2) is 0 Å².